The summed E-state index contributed by atoms with van der Waals surface area (Å²) in [5.41, 5.74) is 4.75. The van der Waals surface area contributed by atoms with Crippen LogP contribution < -0.4 is 5.46 Å². The number of fused-ring (bicyclic) bond motifs is 1. The highest BCUT2D eigenvalue weighted by Crippen LogP contribution is 2.13. The van der Waals surface area contributed by atoms with Crippen molar-refractivity contribution in [1.82, 2.24) is 0 Å². The molecule has 0 saturated carbocycles. The Morgan fingerprint density at radius 3 is 2.64 bits per heavy atom. The summed E-state index contributed by atoms with van der Waals surface area (Å²) in [6.45, 7) is 2.63. The van der Waals surface area contributed by atoms with Crippen LogP contribution in [0.2, 0.25) is 0 Å². The van der Waals surface area contributed by atoms with Crippen LogP contribution >= 0.6 is 0 Å². The van der Waals surface area contributed by atoms with Gasteiger partial charge >= 0.3 is 7.12 Å². The average Bonchev–Trinajstić information content (AvgIpc) is 2.55. The van der Waals surface area contributed by atoms with Crippen molar-refractivity contribution in [2.24, 2.45) is 0 Å². The molecule has 0 atom stereocenters. The zero-order chi connectivity index (χ0) is 15.5. The van der Waals surface area contributed by atoms with Crippen molar-refractivity contribution in [3.8, 4) is 0 Å². The van der Waals surface area contributed by atoms with Gasteiger partial charge in [-0.05, 0) is 35.0 Å². The van der Waals surface area contributed by atoms with Gasteiger partial charge in [-0.1, -0.05) is 49.4 Å². The second-order valence-corrected chi connectivity index (χ2v) is 5.66. The van der Waals surface area contributed by atoms with Gasteiger partial charge in [0.05, 0.1) is 0 Å². The van der Waals surface area contributed by atoms with Gasteiger partial charge in [0, 0.05) is 18.6 Å². The van der Waals surface area contributed by atoms with Crippen LogP contribution in [-0.2, 0) is 23.9 Å². The molecule has 1 aliphatic rings. The van der Waals surface area contributed by atoms with Crippen molar-refractivity contribution in [2.75, 3.05) is 6.61 Å². The molecule has 0 bridgehead atoms. The Kier molecular flexibility index (Phi) is 4.41. The van der Waals surface area contributed by atoms with Crippen molar-refractivity contribution >= 4 is 18.4 Å². The number of ketones is 1. The minimum Gasteiger partial charge on any atom is -0.423 e. The van der Waals surface area contributed by atoms with E-state index >= 15 is 0 Å². The molecule has 4 heteroatoms. The zero-order valence-electron chi connectivity index (χ0n) is 12.7. The standard InChI is InChI=1S/C18H19BO3/c1-2-13-3-7-16(8-4-13)18(20)12-14-5-6-15-9-10-22-19(21)17(15)11-14/h3-8,11,21H,2,9-10,12H2,1H3. The summed E-state index contributed by atoms with van der Waals surface area (Å²) >= 11 is 0. The van der Waals surface area contributed by atoms with Crippen LogP contribution in [0, 0.1) is 0 Å². The first kappa shape index (κ1) is 15.0. The Bertz CT molecular complexity index is 679. The number of rotatable bonds is 4. The summed E-state index contributed by atoms with van der Waals surface area (Å²) in [4.78, 5) is 12.4. The molecule has 0 amide bonds. The maximum atomic E-state index is 12.4. The molecule has 112 valence electrons. The molecule has 0 unspecified atom stereocenters. The predicted molar refractivity (Wildman–Crippen MR) is 87.6 cm³/mol. The lowest BCUT2D eigenvalue weighted by atomic mass is 9.73. The lowest BCUT2D eigenvalue weighted by Crippen LogP contribution is -2.41. The molecule has 22 heavy (non-hydrogen) atoms. The van der Waals surface area contributed by atoms with Crippen LogP contribution in [0.3, 0.4) is 0 Å². The molecule has 0 radical (unpaired) electrons. The second kappa shape index (κ2) is 6.47. The summed E-state index contributed by atoms with van der Waals surface area (Å²) < 4.78 is 5.25. The normalized spacial score (nSPS) is 13.8. The molecule has 1 aliphatic heterocycles. The van der Waals surface area contributed by atoms with E-state index in [1.54, 1.807) is 0 Å². The van der Waals surface area contributed by atoms with E-state index in [1.165, 1.54) is 5.56 Å². The molecule has 0 saturated heterocycles. The smallest absolute Gasteiger partial charge is 0.423 e. The van der Waals surface area contributed by atoms with Gasteiger partial charge in [0.2, 0.25) is 0 Å². The predicted octanol–water partition coefficient (Wildman–Crippen LogP) is 1.93. The minimum atomic E-state index is -0.873. The molecule has 3 nitrogen and oxygen atoms in total. The molecular formula is C18H19BO3. The maximum Gasteiger partial charge on any atom is 0.491 e. The van der Waals surface area contributed by atoms with E-state index in [9.17, 15) is 9.82 Å². The van der Waals surface area contributed by atoms with Crippen LogP contribution in [0.5, 0.6) is 0 Å². The summed E-state index contributed by atoms with van der Waals surface area (Å²) in [7, 11) is -0.873. The Balaban J connectivity index is 1.77. The van der Waals surface area contributed by atoms with E-state index in [0.29, 0.717) is 13.0 Å². The van der Waals surface area contributed by atoms with Crippen molar-refractivity contribution in [3.05, 3.63) is 64.7 Å². The number of Topliss-reactive ketones (excluding diaryl/α,β-unsaturated/α-hetero) is 1. The van der Waals surface area contributed by atoms with Gasteiger partial charge in [-0.15, -0.1) is 0 Å². The zero-order valence-corrected chi connectivity index (χ0v) is 12.7. The molecule has 1 heterocycles. The van der Waals surface area contributed by atoms with Gasteiger partial charge < -0.3 is 9.68 Å². The van der Waals surface area contributed by atoms with Gasteiger partial charge in [-0.3, -0.25) is 4.79 Å². The first-order valence-electron chi connectivity index (χ1n) is 7.71. The Labute approximate surface area is 131 Å². The first-order chi connectivity index (χ1) is 10.7. The van der Waals surface area contributed by atoms with Crippen LogP contribution in [-0.4, -0.2) is 24.5 Å². The van der Waals surface area contributed by atoms with Crippen molar-refractivity contribution < 1.29 is 14.5 Å². The van der Waals surface area contributed by atoms with E-state index in [4.69, 9.17) is 4.65 Å². The fourth-order valence-electron chi connectivity index (χ4n) is 2.80. The highest BCUT2D eigenvalue weighted by atomic mass is 16.5. The van der Waals surface area contributed by atoms with E-state index in [0.717, 1.165) is 35.0 Å². The molecule has 2 aromatic carbocycles. The van der Waals surface area contributed by atoms with E-state index < -0.39 is 7.12 Å². The van der Waals surface area contributed by atoms with Crippen molar-refractivity contribution in [3.63, 3.8) is 0 Å². The number of hydrogen-bond acceptors (Lipinski definition) is 3. The fraction of sp³-hybridized carbons (Fsp3) is 0.278. The topological polar surface area (TPSA) is 46.5 Å². The van der Waals surface area contributed by atoms with Crippen LogP contribution in [0.25, 0.3) is 0 Å². The van der Waals surface area contributed by atoms with Gasteiger partial charge in [0.1, 0.15) is 0 Å². The third-order valence-corrected chi connectivity index (χ3v) is 4.17. The van der Waals surface area contributed by atoms with Crippen LogP contribution in [0.1, 0.15) is 34.0 Å². The molecular weight excluding hydrogens is 275 g/mol. The lowest BCUT2D eigenvalue weighted by molar-refractivity contribution is 0.0993. The number of aryl methyl sites for hydroxylation is 1. The van der Waals surface area contributed by atoms with Crippen LogP contribution in [0.15, 0.2) is 42.5 Å². The third-order valence-electron chi connectivity index (χ3n) is 4.17. The number of carbonyl (C=O) groups is 1. The lowest BCUT2D eigenvalue weighted by Gasteiger charge is -2.19. The van der Waals surface area contributed by atoms with E-state index in [2.05, 4.69) is 6.92 Å². The van der Waals surface area contributed by atoms with Gasteiger partial charge in [0.15, 0.2) is 5.78 Å². The third kappa shape index (κ3) is 3.13. The Hall–Kier alpha value is -1.91. The van der Waals surface area contributed by atoms with Gasteiger partial charge in [-0.25, -0.2) is 0 Å². The first-order valence-corrected chi connectivity index (χ1v) is 7.71. The molecule has 0 spiro atoms. The van der Waals surface area contributed by atoms with Crippen LogP contribution in [0.4, 0.5) is 0 Å². The average molecular weight is 294 g/mol. The minimum absolute atomic E-state index is 0.0915. The SMILES string of the molecule is CCc1ccc(C(=O)Cc2ccc3c(c2)B(O)OCC3)cc1. The largest absolute Gasteiger partial charge is 0.491 e. The number of carbonyl (C=O) groups excluding carboxylic acids is 1. The Morgan fingerprint density at radius 2 is 1.91 bits per heavy atom. The molecule has 0 aromatic heterocycles. The quantitative estimate of drug-likeness (QED) is 0.692. The highest BCUT2D eigenvalue weighted by Gasteiger charge is 2.25. The van der Waals surface area contributed by atoms with E-state index in [-0.39, 0.29) is 5.78 Å². The van der Waals surface area contributed by atoms with Crippen molar-refractivity contribution in [1.29, 1.82) is 0 Å². The van der Waals surface area contributed by atoms with Gasteiger partial charge in [0.25, 0.3) is 0 Å². The summed E-state index contributed by atoms with van der Waals surface area (Å²) in [5.74, 6) is 0.0915. The molecule has 0 fully saturated rings. The molecule has 3 rings (SSSR count). The highest BCUT2D eigenvalue weighted by molar-refractivity contribution is 6.60. The summed E-state index contributed by atoms with van der Waals surface area (Å²) in [5, 5.41) is 9.89. The van der Waals surface area contributed by atoms with Gasteiger partial charge in [-0.2, -0.15) is 0 Å². The fourth-order valence-corrected chi connectivity index (χ4v) is 2.80. The van der Waals surface area contributed by atoms with Crippen molar-refractivity contribution in [2.45, 2.75) is 26.2 Å². The number of hydrogen-bond donors (Lipinski definition) is 1. The molecule has 1 N–H and O–H groups in total. The van der Waals surface area contributed by atoms with E-state index in [1.807, 2.05) is 42.5 Å². The molecule has 0 aliphatic carbocycles. The summed E-state index contributed by atoms with van der Waals surface area (Å²) in [6, 6.07) is 13.6. The summed E-state index contributed by atoms with van der Waals surface area (Å²) in [6.07, 6.45) is 2.11. The second-order valence-electron chi connectivity index (χ2n) is 5.66. The number of benzene rings is 2. The maximum absolute atomic E-state index is 12.4. The monoisotopic (exact) mass is 294 g/mol. The Morgan fingerprint density at radius 1 is 1.18 bits per heavy atom. The molecule has 2 aromatic rings.